The zero-order valence-corrected chi connectivity index (χ0v) is 12.4. The summed E-state index contributed by atoms with van der Waals surface area (Å²) < 4.78 is 0. The Morgan fingerprint density at radius 1 is 1.32 bits per heavy atom. The minimum absolute atomic E-state index is 0.139. The molecule has 6 heteroatoms. The zero-order valence-electron chi connectivity index (χ0n) is 12.4. The normalized spacial score (nSPS) is 25.3. The Morgan fingerprint density at radius 2 is 1.89 bits per heavy atom. The van der Waals surface area contributed by atoms with Gasteiger partial charge in [-0.1, -0.05) is 20.8 Å². The van der Waals surface area contributed by atoms with Crippen molar-refractivity contribution in [3.63, 3.8) is 0 Å². The summed E-state index contributed by atoms with van der Waals surface area (Å²) in [6, 6.07) is -0.962. The molecule has 3 N–H and O–H groups in total. The standard InChI is InChI=1S/C13H25N3O3/c1-13(2,3)10(14-4)12(19)16-7-8(17)6-9(16)11(18)15-5/h8-10,14,17H,6-7H2,1-5H3,(H,15,18)/t8-,9+,10-/m1/s1. The van der Waals surface area contributed by atoms with Crippen LogP contribution in [0, 0.1) is 5.41 Å². The van der Waals surface area contributed by atoms with Crippen LogP contribution in [0.25, 0.3) is 0 Å². The van der Waals surface area contributed by atoms with Gasteiger partial charge in [0.1, 0.15) is 6.04 Å². The summed E-state index contributed by atoms with van der Waals surface area (Å²) >= 11 is 0. The molecule has 0 bridgehead atoms. The number of nitrogens with zero attached hydrogens (tertiary/aromatic N) is 1. The van der Waals surface area contributed by atoms with Crippen LogP contribution in [0.5, 0.6) is 0 Å². The van der Waals surface area contributed by atoms with Crippen LogP contribution in [0.4, 0.5) is 0 Å². The Kier molecular flexibility index (Phi) is 4.92. The lowest BCUT2D eigenvalue weighted by atomic mass is 9.86. The minimum Gasteiger partial charge on any atom is -0.391 e. The van der Waals surface area contributed by atoms with E-state index >= 15 is 0 Å². The first-order chi connectivity index (χ1) is 8.72. The summed E-state index contributed by atoms with van der Waals surface area (Å²) in [7, 11) is 3.27. The predicted octanol–water partition coefficient (Wildman–Crippen LogP) is -0.672. The molecule has 0 radical (unpaired) electrons. The van der Waals surface area contributed by atoms with Gasteiger partial charge in [0.25, 0.3) is 0 Å². The molecule has 1 saturated heterocycles. The van der Waals surface area contributed by atoms with Gasteiger partial charge in [0, 0.05) is 20.0 Å². The molecule has 1 fully saturated rings. The molecule has 0 aliphatic carbocycles. The van der Waals surface area contributed by atoms with Crippen LogP contribution < -0.4 is 10.6 Å². The number of hydrogen-bond donors (Lipinski definition) is 3. The van der Waals surface area contributed by atoms with Crippen molar-refractivity contribution in [2.24, 2.45) is 5.41 Å². The summed E-state index contributed by atoms with van der Waals surface area (Å²) in [4.78, 5) is 25.9. The van der Waals surface area contributed by atoms with Gasteiger partial charge in [0.15, 0.2) is 0 Å². The molecule has 1 aliphatic rings. The first-order valence-corrected chi connectivity index (χ1v) is 6.59. The molecule has 19 heavy (non-hydrogen) atoms. The summed E-state index contributed by atoms with van der Waals surface area (Å²) in [5, 5.41) is 15.3. The molecule has 1 aliphatic heterocycles. The Bertz CT molecular complexity index is 352. The Hall–Kier alpha value is -1.14. The van der Waals surface area contributed by atoms with Crippen LogP contribution in [-0.2, 0) is 9.59 Å². The van der Waals surface area contributed by atoms with E-state index in [-0.39, 0.29) is 29.8 Å². The first-order valence-electron chi connectivity index (χ1n) is 6.59. The van der Waals surface area contributed by atoms with E-state index in [0.717, 1.165) is 0 Å². The van der Waals surface area contributed by atoms with Crippen LogP contribution in [0.2, 0.25) is 0 Å². The van der Waals surface area contributed by atoms with Crippen LogP contribution in [0.15, 0.2) is 0 Å². The van der Waals surface area contributed by atoms with Crippen molar-refractivity contribution in [1.29, 1.82) is 0 Å². The number of likely N-dealkylation sites (N-methyl/N-ethyl adjacent to an activating group) is 2. The maximum Gasteiger partial charge on any atom is 0.242 e. The predicted molar refractivity (Wildman–Crippen MR) is 72.5 cm³/mol. The van der Waals surface area contributed by atoms with E-state index in [0.29, 0.717) is 6.42 Å². The SMILES string of the molecule is CNC(=O)[C@@H]1C[C@@H](O)CN1C(=O)[C@@H](NC)C(C)(C)C. The van der Waals surface area contributed by atoms with E-state index in [9.17, 15) is 14.7 Å². The number of amides is 2. The second kappa shape index (κ2) is 5.88. The quantitative estimate of drug-likeness (QED) is 0.636. The number of carbonyl (C=O) groups is 2. The second-order valence-corrected chi connectivity index (χ2v) is 6.10. The largest absolute Gasteiger partial charge is 0.391 e. The highest BCUT2D eigenvalue weighted by Gasteiger charge is 2.43. The molecule has 2 amide bonds. The topological polar surface area (TPSA) is 81.7 Å². The fourth-order valence-electron chi connectivity index (χ4n) is 2.57. The molecular formula is C13H25N3O3. The highest BCUT2D eigenvalue weighted by molar-refractivity contribution is 5.90. The van der Waals surface area contributed by atoms with Gasteiger partial charge in [-0.05, 0) is 12.5 Å². The molecule has 1 heterocycles. The van der Waals surface area contributed by atoms with Gasteiger partial charge in [0.2, 0.25) is 11.8 Å². The first kappa shape index (κ1) is 15.9. The van der Waals surface area contributed by atoms with Gasteiger partial charge in [-0.25, -0.2) is 0 Å². The Balaban J connectivity index is 2.93. The molecule has 0 aromatic rings. The van der Waals surface area contributed by atoms with Gasteiger partial charge >= 0.3 is 0 Å². The Morgan fingerprint density at radius 3 is 2.32 bits per heavy atom. The lowest BCUT2D eigenvalue weighted by molar-refractivity contribution is -0.141. The molecule has 6 nitrogen and oxygen atoms in total. The lowest BCUT2D eigenvalue weighted by Crippen LogP contribution is -2.55. The molecular weight excluding hydrogens is 246 g/mol. The van der Waals surface area contributed by atoms with Crippen molar-refractivity contribution in [3.8, 4) is 0 Å². The maximum atomic E-state index is 12.6. The summed E-state index contributed by atoms with van der Waals surface area (Å²) in [5.41, 5.74) is -0.257. The van der Waals surface area contributed by atoms with Crippen molar-refractivity contribution in [2.45, 2.75) is 45.4 Å². The van der Waals surface area contributed by atoms with Crippen molar-refractivity contribution in [3.05, 3.63) is 0 Å². The van der Waals surface area contributed by atoms with Gasteiger partial charge in [-0.15, -0.1) is 0 Å². The number of likely N-dealkylation sites (tertiary alicyclic amines) is 1. The van der Waals surface area contributed by atoms with Crippen LogP contribution in [-0.4, -0.2) is 60.6 Å². The van der Waals surface area contributed by atoms with Crippen molar-refractivity contribution in [2.75, 3.05) is 20.6 Å². The van der Waals surface area contributed by atoms with Crippen LogP contribution >= 0.6 is 0 Å². The molecule has 0 saturated carbocycles. The fraction of sp³-hybridized carbons (Fsp3) is 0.846. The van der Waals surface area contributed by atoms with E-state index < -0.39 is 12.1 Å². The van der Waals surface area contributed by atoms with Crippen molar-refractivity contribution < 1.29 is 14.7 Å². The lowest BCUT2D eigenvalue weighted by Gasteiger charge is -2.34. The fourth-order valence-corrected chi connectivity index (χ4v) is 2.57. The van der Waals surface area contributed by atoms with Crippen LogP contribution in [0.1, 0.15) is 27.2 Å². The van der Waals surface area contributed by atoms with Gasteiger partial charge in [-0.2, -0.15) is 0 Å². The average Bonchev–Trinajstić information content (AvgIpc) is 2.69. The number of hydrogen-bond acceptors (Lipinski definition) is 4. The zero-order chi connectivity index (χ0) is 14.8. The second-order valence-electron chi connectivity index (χ2n) is 6.10. The molecule has 0 aromatic carbocycles. The van der Waals surface area contributed by atoms with E-state index in [2.05, 4.69) is 10.6 Å². The highest BCUT2D eigenvalue weighted by atomic mass is 16.3. The molecule has 0 aromatic heterocycles. The van der Waals surface area contributed by atoms with E-state index in [1.165, 1.54) is 11.9 Å². The van der Waals surface area contributed by atoms with Crippen molar-refractivity contribution in [1.82, 2.24) is 15.5 Å². The van der Waals surface area contributed by atoms with Gasteiger partial charge < -0.3 is 20.6 Å². The van der Waals surface area contributed by atoms with Gasteiger partial charge in [-0.3, -0.25) is 9.59 Å². The number of nitrogens with one attached hydrogen (secondary N) is 2. The molecule has 3 atom stereocenters. The summed E-state index contributed by atoms with van der Waals surface area (Å²) in [6.07, 6.45) is -0.338. The third-order valence-electron chi connectivity index (χ3n) is 3.51. The number of aliphatic hydroxyl groups is 1. The Labute approximate surface area is 114 Å². The number of rotatable bonds is 3. The molecule has 0 spiro atoms. The van der Waals surface area contributed by atoms with E-state index in [4.69, 9.17) is 0 Å². The monoisotopic (exact) mass is 271 g/mol. The van der Waals surface area contributed by atoms with E-state index in [1.807, 2.05) is 20.8 Å². The number of aliphatic hydroxyl groups excluding tert-OH is 1. The number of β-amino-alcohol motifs (C(OH)–C–C–N with tert-alkyl or cyclic N) is 1. The third kappa shape index (κ3) is 3.45. The summed E-state index contributed by atoms with van der Waals surface area (Å²) in [6.45, 7) is 6.11. The minimum atomic E-state index is -0.635. The maximum absolute atomic E-state index is 12.6. The molecule has 0 unspecified atom stereocenters. The van der Waals surface area contributed by atoms with Gasteiger partial charge in [0.05, 0.1) is 12.1 Å². The smallest absolute Gasteiger partial charge is 0.242 e. The number of carbonyl (C=O) groups excluding carboxylic acids is 2. The average molecular weight is 271 g/mol. The third-order valence-corrected chi connectivity index (χ3v) is 3.51. The molecule has 110 valence electrons. The molecule has 1 rings (SSSR count). The highest BCUT2D eigenvalue weighted by Crippen LogP contribution is 2.25. The van der Waals surface area contributed by atoms with Crippen molar-refractivity contribution >= 4 is 11.8 Å². The van der Waals surface area contributed by atoms with Crippen LogP contribution in [0.3, 0.4) is 0 Å². The summed E-state index contributed by atoms with van der Waals surface area (Å²) in [5.74, 6) is -0.367. The van der Waals surface area contributed by atoms with E-state index in [1.54, 1.807) is 7.05 Å².